The second kappa shape index (κ2) is 4.43. The van der Waals surface area contributed by atoms with E-state index in [1.165, 1.54) is 24.8 Å². The van der Waals surface area contributed by atoms with Crippen LogP contribution in [0.4, 0.5) is 0 Å². The molecule has 0 bridgehead atoms. The highest BCUT2D eigenvalue weighted by molar-refractivity contribution is 6.30. The third-order valence-electron chi connectivity index (χ3n) is 4.48. The lowest BCUT2D eigenvalue weighted by molar-refractivity contribution is 0.118. The first-order chi connectivity index (χ1) is 8.62. The molecule has 2 nitrogen and oxygen atoms in total. The molecule has 0 aromatic heterocycles. The molecule has 0 amide bonds. The van der Waals surface area contributed by atoms with Crippen LogP contribution >= 0.6 is 11.6 Å². The van der Waals surface area contributed by atoms with Crippen molar-refractivity contribution in [1.82, 2.24) is 0 Å². The lowest BCUT2D eigenvalue weighted by atomic mass is 9.88. The highest BCUT2D eigenvalue weighted by Gasteiger charge is 2.49. The first kappa shape index (κ1) is 12.3. The molecule has 1 atom stereocenters. The minimum Gasteiger partial charge on any atom is -0.490 e. The van der Waals surface area contributed by atoms with Gasteiger partial charge in [0.25, 0.3) is 0 Å². The van der Waals surface area contributed by atoms with E-state index in [1.807, 2.05) is 18.2 Å². The van der Waals surface area contributed by atoms with Crippen LogP contribution in [-0.2, 0) is 5.41 Å². The molecular weight excluding hydrogens is 246 g/mol. The van der Waals surface area contributed by atoms with Crippen molar-refractivity contribution < 1.29 is 4.74 Å². The van der Waals surface area contributed by atoms with Crippen LogP contribution in [0.15, 0.2) is 18.2 Å². The van der Waals surface area contributed by atoms with Gasteiger partial charge >= 0.3 is 0 Å². The lowest BCUT2D eigenvalue weighted by Gasteiger charge is -2.30. The van der Waals surface area contributed by atoms with Gasteiger partial charge in [-0.05, 0) is 57.2 Å². The second-order valence-corrected chi connectivity index (χ2v) is 6.19. The fourth-order valence-corrected chi connectivity index (χ4v) is 2.94. The van der Waals surface area contributed by atoms with Crippen molar-refractivity contribution in [3.05, 3.63) is 28.8 Å². The van der Waals surface area contributed by atoms with Gasteiger partial charge in [0, 0.05) is 22.0 Å². The van der Waals surface area contributed by atoms with Gasteiger partial charge in [-0.1, -0.05) is 11.6 Å². The Morgan fingerprint density at radius 3 is 2.61 bits per heavy atom. The van der Waals surface area contributed by atoms with E-state index in [4.69, 9.17) is 22.1 Å². The van der Waals surface area contributed by atoms with Crippen molar-refractivity contribution in [2.45, 2.75) is 56.6 Å². The highest BCUT2D eigenvalue weighted by atomic mass is 35.5. The number of halogens is 1. The summed E-state index contributed by atoms with van der Waals surface area (Å²) in [6.07, 6.45) is 6.32. The summed E-state index contributed by atoms with van der Waals surface area (Å²) in [7, 11) is 0. The standard InChI is InChI=1S/C15H20ClNO/c1-10(17)15(7-8-15)13-9-11(16)5-6-14(13)18-12-3-2-4-12/h5-6,9-10,12H,2-4,7-8,17H2,1H3. The van der Waals surface area contributed by atoms with E-state index < -0.39 is 0 Å². The second-order valence-electron chi connectivity index (χ2n) is 5.76. The zero-order valence-electron chi connectivity index (χ0n) is 10.8. The summed E-state index contributed by atoms with van der Waals surface area (Å²) in [5.41, 5.74) is 7.48. The molecule has 2 N–H and O–H groups in total. The Balaban J connectivity index is 1.93. The molecule has 0 spiro atoms. The molecule has 98 valence electrons. The van der Waals surface area contributed by atoms with Crippen molar-refractivity contribution in [3.63, 3.8) is 0 Å². The van der Waals surface area contributed by atoms with Crippen molar-refractivity contribution in [1.29, 1.82) is 0 Å². The number of hydrogen-bond acceptors (Lipinski definition) is 2. The molecule has 3 heteroatoms. The zero-order valence-corrected chi connectivity index (χ0v) is 11.5. The van der Waals surface area contributed by atoms with Gasteiger partial charge in [0.1, 0.15) is 5.75 Å². The number of ether oxygens (including phenoxy) is 1. The summed E-state index contributed by atoms with van der Waals surface area (Å²) in [6, 6.07) is 6.13. The molecule has 3 rings (SSSR count). The average Bonchev–Trinajstić information content (AvgIpc) is 3.06. The van der Waals surface area contributed by atoms with Crippen LogP contribution in [-0.4, -0.2) is 12.1 Å². The van der Waals surface area contributed by atoms with E-state index >= 15 is 0 Å². The smallest absolute Gasteiger partial charge is 0.123 e. The molecule has 0 radical (unpaired) electrons. The first-order valence-electron chi connectivity index (χ1n) is 6.84. The van der Waals surface area contributed by atoms with Gasteiger partial charge in [-0.2, -0.15) is 0 Å². The predicted octanol–water partition coefficient (Wildman–Crippen LogP) is 3.65. The summed E-state index contributed by atoms with van der Waals surface area (Å²) in [6.45, 7) is 2.08. The third-order valence-corrected chi connectivity index (χ3v) is 4.72. The van der Waals surface area contributed by atoms with E-state index in [9.17, 15) is 0 Å². The van der Waals surface area contributed by atoms with E-state index in [0.717, 1.165) is 23.6 Å². The van der Waals surface area contributed by atoms with Crippen molar-refractivity contribution >= 4 is 11.6 Å². The predicted molar refractivity (Wildman–Crippen MR) is 74.3 cm³/mol. The van der Waals surface area contributed by atoms with Crippen LogP contribution in [0.5, 0.6) is 5.75 Å². The summed E-state index contributed by atoms with van der Waals surface area (Å²) < 4.78 is 6.10. The number of benzene rings is 1. The van der Waals surface area contributed by atoms with Crippen LogP contribution in [0.25, 0.3) is 0 Å². The Morgan fingerprint density at radius 2 is 2.11 bits per heavy atom. The van der Waals surface area contributed by atoms with Crippen LogP contribution in [0, 0.1) is 0 Å². The van der Waals surface area contributed by atoms with E-state index in [1.54, 1.807) is 0 Å². The molecule has 18 heavy (non-hydrogen) atoms. The van der Waals surface area contributed by atoms with Crippen molar-refractivity contribution in [2.75, 3.05) is 0 Å². The van der Waals surface area contributed by atoms with Crippen LogP contribution < -0.4 is 10.5 Å². The van der Waals surface area contributed by atoms with Gasteiger partial charge in [0.15, 0.2) is 0 Å². The van der Waals surface area contributed by atoms with Gasteiger partial charge in [-0.25, -0.2) is 0 Å². The minimum absolute atomic E-state index is 0.101. The van der Waals surface area contributed by atoms with E-state index in [2.05, 4.69) is 6.92 Å². The van der Waals surface area contributed by atoms with Gasteiger partial charge in [0.05, 0.1) is 6.10 Å². The van der Waals surface area contributed by atoms with Gasteiger partial charge in [-0.15, -0.1) is 0 Å². The fourth-order valence-electron chi connectivity index (χ4n) is 2.77. The molecule has 1 aromatic rings. The molecule has 2 aliphatic carbocycles. The van der Waals surface area contributed by atoms with Crippen LogP contribution in [0.1, 0.15) is 44.6 Å². The summed E-state index contributed by atoms with van der Waals surface area (Å²) in [4.78, 5) is 0. The first-order valence-corrected chi connectivity index (χ1v) is 7.22. The number of rotatable bonds is 4. The Morgan fingerprint density at radius 1 is 1.39 bits per heavy atom. The molecule has 0 saturated heterocycles. The maximum Gasteiger partial charge on any atom is 0.123 e. The van der Waals surface area contributed by atoms with E-state index in [0.29, 0.717) is 6.10 Å². The Labute approximate surface area is 113 Å². The minimum atomic E-state index is 0.101. The van der Waals surface area contributed by atoms with Crippen LogP contribution in [0.3, 0.4) is 0 Å². The van der Waals surface area contributed by atoms with Gasteiger partial charge in [0.2, 0.25) is 0 Å². The molecular formula is C15H20ClNO. The maximum atomic E-state index is 6.16. The largest absolute Gasteiger partial charge is 0.490 e. The molecule has 1 aromatic carbocycles. The van der Waals surface area contributed by atoms with E-state index in [-0.39, 0.29) is 11.5 Å². The van der Waals surface area contributed by atoms with Crippen molar-refractivity contribution in [3.8, 4) is 5.75 Å². The summed E-state index contributed by atoms with van der Waals surface area (Å²) in [5.74, 6) is 0.999. The van der Waals surface area contributed by atoms with Crippen LogP contribution in [0.2, 0.25) is 5.02 Å². The molecule has 2 fully saturated rings. The maximum absolute atomic E-state index is 6.16. The molecule has 0 heterocycles. The highest BCUT2D eigenvalue weighted by Crippen LogP contribution is 2.54. The summed E-state index contributed by atoms with van der Waals surface area (Å²) >= 11 is 6.14. The van der Waals surface area contributed by atoms with Crippen molar-refractivity contribution in [2.24, 2.45) is 5.73 Å². The molecule has 0 aliphatic heterocycles. The van der Waals surface area contributed by atoms with Gasteiger partial charge in [-0.3, -0.25) is 0 Å². The average molecular weight is 266 g/mol. The Bertz CT molecular complexity index is 450. The topological polar surface area (TPSA) is 35.2 Å². The molecule has 1 unspecified atom stereocenters. The summed E-state index contributed by atoms with van der Waals surface area (Å²) in [5, 5.41) is 0.776. The Hall–Kier alpha value is -0.730. The normalized spacial score (nSPS) is 23.3. The Kier molecular flexibility index (Phi) is 3.03. The number of nitrogens with two attached hydrogens (primary N) is 1. The third kappa shape index (κ3) is 2.02. The fraction of sp³-hybridized carbons (Fsp3) is 0.600. The lowest BCUT2D eigenvalue weighted by Crippen LogP contribution is -2.33. The molecule has 2 saturated carbocycles. The monoisotopic (exact) mass is 265 g/mol. The zero-order chi connectivity index (χ0) is 12.8. The SMILES string of the molecule is CC(N)C1(c2cc(Cl)ccc2OC2CCC2)CC1. The number of hydrogen-bond donors (Lipinski definition) is 1. The molecule has 2 aliphatic rings. The van der Waals surface area contributed by atoms with Gasteiger partial charge < -0.3 is 10.5 Å². The quantitative estimate of drug-likeness (QED) is 0.902.